The minimum Gasteiger partial charge on any atom is -0.477 e. The number of pyridine rings is 1. The zero-order valence-corrected chi connectivity index (χ0v) is 11.0. The van der Waals surface area contributed by atoms with Gasteiger partial charge in [-0.15, -0.1) is 0 Å². The molecule has 2 heterocycles. The molecule has 0 saturated heterocycles. The lowest BCUT2D eigenvalue weighted by Gasteiger charge is -2.32. The van der Waals surface area contributed by atoms with Gasteiger partial charge in [-0.2, -0.15) is 0 Å². The number of fused-ring (bicyclic) bond motifs is 1. The molecule has 0 amide bonds. The molecule has 0 bridgehead atoms. The molecule has 108 valence electrons. The Morgan fingerprint density at radius 1 is 1.10 bits per heavy atom. The maximum atomic E-state index is 13.5. The summed E-state index contributed by atoms with van der Waals surface area (Å²) in [6, 6.07) is 9.03. The SMILES string of the molecule is FCC1(CF)C=C(c2ccccn2)c2cc(F)ccc2O1. The third kappa shape index (κ3) is 2.39. The fraction of sp³-hybridized carbons (Fsp3) is 0.188. The number of hydrogen-bond acceptors (Lipinski definition) is 2. The van der Waals surface area contributed by atoms with Crippen LogP contribution in [0.5, 0.6) is 5.75 Å². The Hall–Kier alpha value is -2.30. The standard InChI is InChI=1S/C16H12F3NO/c17-9-16(10-18)8-13(14-3-1-2-6-20-14)12-7-11(19)4-5-15(12)21-16/h1-8H,9-10H2. The van der Waals surface area contributed by atoms with Gasteiger partial charge < -0.3 is 4.74 Å². The summed E-state index contributed by atoms with van der Waals surface area (Å²) in [5, 5.41) is 0. The van der Waals surface area contributed by atoms with Gasteiger partial charge in [-0.3, -0.25) is 4.98 Å². The van der Waals surface area contributed by atoms with Crippen LogP contribution in [0, 0.1) is 5.82 Å². The van der Waals surface area contributed by atoms with E-state index in [-0.39, 0.29) is 5.75 Å². The van der Waals surface area contributed by atoms with Crippen LogP contribution in [-0.4, -0.2) is 23.9 Å². The highest BCUT2D eigenvalue weighted by Crippen LogP contribution is 2.39. The van der Waals surface area contributed by atoms with Crippen LogP contribution in [0.3, 0.4) is 0 Å². The summed E-state index contributed by atoms with van der Waals surface area (Å²) in [7, 11) is 0. The molecule has 21 heavy (non-hydrogen) atoms. The van der Waals surface area contributed by atoms with E-state index in [9.17, 15) is 13.2 Å². The molecule has 0 N–H and O–H groups in total. The lowest BCUT2D eigenvalue weighted by atomic mass is 9.91. The summed E-state index contributed by atoms with van der Waals surface area (Å²) in [4.78, 5) is 4.17. The topological polar surface area (TPSA) is 22.1 Å². The van der Waals surface area contributed by atoms with Gasteiger partial charge in [0.2, 0.25) is 0 Å². The quantitative estimate of drug-likeness (QED) is 0.859. The molecule has 0 spiro atoms. The first kappa shape index (κ1) is 13.7. The second kappa shape index (κ2) is 5.24. The maximum Gasteiger partial charge on any atom is 0.184 e. The van der Waals surface area contributed by atoms with Crippen LogP contribution >= 0.6 is 0 Å². The first-order valence-electron chi connectivity index (χ1n) is 6.42. The van der Waals surface area contributed by atoms with Gasteiger partial charge in [0.15, 0.2) is 5.60 Å². The van der Waals surface area contributed by atoms with E-state index in [4.69, 9.17) is 4.74 Å². The minimum absolute atomic E-state index is 0.245. The Balaban J connectivity index is 2.21. The van der Waals surface area contributed by atoms with Crippen LogP contribution in [0.15, 0.2) is 48.7 Å². The van der Waals surface area contributed by atoms with Crippen molar-refractivity contribution in [3.8, 4) is 5.75 Å². The smallest absolute Gasteiger partial charge is 0.184 e. The van der Waals surface area contributed by atoms with Crippen molar-refractivity contribution in [3.63, 3.8) is 0 Å². The molecule has 1 aliphatic heterocycles. The zero-order chi connectivity index (χ0) is 14.9. The molecular weight excluding hydrogens is 279 g/mol. The summed E-state index contributed by atoms with van der Waals surface area (Å²) < 4.78 is 45.5. The largest absolute Gasteiger partial charge is 0.477 e. The lowest BCUT2D eigenvalue weighted by Crippen LogP contribution is -2.41. The second-order valence-electron chi connectivity index (χ2n) is 4.85. The van der Waals surface area contributed by atoms with Crippen molar-refractivity contribution >= 4 is 5.57 Å². The first-order valence-corrected chi connectivity index (χ1v) is 6.42. The molecular formula is C16H12F3NO. The van der Waals surface area contributed by atoms with E-state index in [0.29, 0.717) is 16.8 Å². The third-order valence-corrected chi connectivity index (χ3v) is 3.35. The van der Waals surface area contributed by atoms with Gasteiger partial charge in [0.25, 0.3) is 0 Å². The minimum atomic E-state index is -1.68. The molecule has 0 radical (unpaired) electrons. The molecule has 1 aromatic heterocycles. The summed E-state index contributed by atoms with van der Waals surface area (Å²) in [5.41, 5.74) is -0.269. The van der Waals surface area contributed by atoms with Gasteiger partial charge in [0.1, 0.15) is 24.9 Å². The molecule has 1 aromatic carbocycles. The van der Waals surface area contributed by atoms with Gasteiger partial charge in [-0.05, 0) is 36.4 Å². The van der Waals surface area contributed by atoms with E-state index in [2.05, 4.69) is 4.98 Å². The second-order valence-corrected chi connectivity index (χ2v) is 4.85. The molecule has 5 heteroatoms. The average Bonchev–Trinajstić information content (AvgIpc) is 2.55. The van der Waals surface area contributed by atoms with Crippen LogP contribution in [0.25, 0.3) is 5.57 Å². The van der Waals surface area contributed by atoms with Crippen LogP contribution in [0.4, 0.5) is 13.2 Å². The highest BCUT2D eigenvalue weighted by atomic mass is 19.1. The molecule has 0 saturated carbocycles. The van der Waals surface area contributed by atoms with E-state index in [1.54, 1.807) is 24.4 Å². The van der Waals surface area contributed by atoms with E-state index >= 15 is 0 Å². The van der Waals surface area contributed by atoms with E-state index in [1.165, 1.54) is 24.3 Å². The predicted molar refractivity (Wildman–Crippen MR) is 73.0 cm³/mol. The highest BCUT2D eigenvalue weighted by Gasteiger charge is 2.37. The summed E-state index contributed by atoms with van der Waals surface area (Å²) in [6.07, 6.45) is 2.91. The zero-order valence-electron chi connectivity index (χ0n) is 11.0. The Bertz CT molecular complexity index is 681. The number of alkyl halides is 2. The lowest BCUT2D eigenvalue weighted by molar-refractivity contribution is 0.0592. The number of benzene rings is 1. The van der Waals surface area contributed by atoms with Gasteiger partial charge in [-0.1, -0.05) is 6.07 Å². The Labute approximate surface area is 119 Å². The normalized spacial score (nSPS) is 15.9. The Morgan fingerprint density at radius 2 is 1.90 bits per heavy atom. The molecule has 0 unspecified atom stereocenters. The number of ether oxygens (including phenoxy) is 1. The van der Waals surface area contributed by atoms with Crippen LogP contribution in [-0.2, 0) is 0 Å². The van der Waals surface area contributed by atoms with Gasteiger partial charge in [-0.25, -0.2) is 13.2 Å². The maximum absolute atomic E-state index is 13.5. The fourth-order valence-corrected chi connectivity index (χ4v) is 2.29. The number of halogens is 3. The first-order chi connectivity index (χ1) is 10.2. The van der Waals surface area contributed by atoms with Gasteiger partial charge in [0, 0.05) is 17.3 Å². The van der Waals surface area contributed by atoms with Gasteiger partial charge >= 0.3 is 0 Å². The summed E-state index contributed by atoms with van der Waals surface area (Å²) in [6.45, 7) is -2.03. The van der Waals surface area contributed by atoms with Gasteiger partial charge in [0.05, 0.1) is 5.69 Å². The average molecular weight is 291 g/mol. The van der Waals surface area contributed by atoms with E-state index in [1.807, 2.05) is 0 Å². The molecule has 3 rings (SSSR count). The Kier molecular flexibility index (Phi) is 3.41. The number of hydrogen-bond donors (Lipinski definition) is 0. The van der Waals surface area contributed by atoms with E-state index in [0.717, 1.165) is 0 Å². The molecule has 0 aliphatic carbocycles. The summed E-state index contributed by atoms with van der Waals surface area (Å²) in [5.74, 6) is -0.206. The third-order valence-electron chi connectivity index (χ3n) is 3.35. The fourth-order valence-electron chi connectivity index (χ4n) is 2.29. The van der Waals surface area contributed by atoms with Crippen molar-refractivity contribution < 1.29 is 17.9 Å². The van der Waals surface area contributed by atoms with Crippen LogP contribution in [0.2, 0.25) is 0 Å². The highest BCUT2D eigenvalue weighted by molar-refractivity contribution is 5.83. The van der Waals surface area contributed by atoms with Crippen LogP contribution < -0.4 is 4.74 Å². The van der Waals surface area contributed by atoms with Crippen molar-refractivity contribution in [1.82, 2.24) is 4.98 Å². The predicted octanol–water partition coefficient (Wildman–Crippen LogP) is 3.72. The van der Waals surface area contributed by atoms with Crippen molar-refractivity contribution in [1.29, 1.82) is 0 Å². The molecule has 2 aromatic rings. The molecule has 0 atom stereocenters. The monoisotopic (exact) mass is 291 g/mol. The molecule has 1 aliphatic rings. The van der Waals surface area contributed by atoms with Crippen molar-refractivity contribution in [2.45, 2.75) is 5.60 Å². The van der Waals surface area contributed by atoms with E-state index < -0.39 is 24.8 Å². The van der Waals surface area contributed by atoms with Crippen LogP contribution in [0.1, 0.15) is 11.3 Å². The number of aromatic nitrogens is 1. The van der Waals surface area contributed by atoms with Crippen molar-refractivity contribution in [2.24, 2.45) is 0 Å². The number of nitrogens with zero attached hydrogens (tertiary/aromatic N) is 1. The summed E-state index contributed by atoms with van der Waals surface area (Å²) >= 11 is 0. The van der Waals surface area contributed by atoms with Crippen molar-refractivity contribution in [2.75, 3.05) is 13.3 Å². The number of rotatable bonds is 3. The van der Waals surface area contributed by atoms with Crippen molar-refractivity contribution in [3.05, 3.63) is 65.7 Å². The molecule has 0 fully saturated rings. The Morgan fingerprint density at radius 3 is 2.57 bits per heavy atom. The molecule has 2 nitrogen and oxygen atoms in total.